The Morgan fingerprint density at radius 3 is 0.940 bits per heavy atom. The summed E-state index contributed by atoms with van der Waals surface area (Å²) < 4.78 is 16.8. The summed E-state index contributed by atoms with van der Waals surface area (Å²) in [5.74, 6) is -0.940. The van der Waals surface area contributed by atoms with Crippen molar-refractivity contribution in [2.75, 3.05) is 13.2 Å². The van der Waals surface area contributed by atoms with E-state index in [0.29, 0.717) is 12.8 Å². The monoisotopic (exact) mass is 935 g/mol. The molecule has 0 saturated heterocycles. The molecule has 386 valence electrons. The summed E-state index contributed by atoms with van der Waals surface area (Å²) in [6.45, 7) is 6.49. The third kappa shape index (κ3) is 53.7. The fraction of sp³-hybridized carbons (Fsp3) is 0.754. The van der Waals surface area contributed by atoms with Crippen molar-refractivity contribution in [2.24, 2.45) is 0 Å². The number of hydrogen-bond donors (Lipinski definition) is 0. The van der Waals surface area contributed by atoms with Gasteiger partial charge in [0.1, 0.15) is 13.2 Å². The number of unbranched alkanes of at least 4 members (excludes halogenated alkanes) is 28. The lowest BCUT2D eigenvalue weighted by molar-refractivity contribution is -0.167. The molecule has 6 heteroatoms. The van der Waals surface area contributed by atoms with Crippen molar-refractivity contribution >= 4 is 17.9 Å². The van der Waals surface area contributed by atoms with Crippen molar-refractivity contribution in [1.82, 2.24) is 0 Å². The smallest absolute Gasteiger partial charge is 0.306 e. The first-order chi connectivity index (χ1) is 33.0. The summed E-state index contributed by atoms with van der Waals surface area (Å²) >= 11 is 0. The minimum absolute atomic E-state index is 0.0948. The third-order valence-electron chi connectivity index (χ3n) is 12.2. The Hall–Kier alpha value is -3.15. The second-order valence-corrected chi connectivity index (χ2v) is 18.8. The van der Waals surface area contributed by atoms with Crippen LogP contribution in [0, 0.1) is 0 Å². The zero-order chi connectivity index (χ0) is 48.6. The molecule has 0 aromatic carbocycles. The Morgan fingerprint density at radius 1 is 0.313 bits per heavy atom. The van der Waals surface area contributed by atoms with Crippen molar-refractivity contribution in [3.63, 3.8) is 0 Å². The highest BCUT2D eigenvalue weighted by Crippen LogP contribution is 2.15. The van der Waals surface area contributed by atoms with Gasteiger partial charge in [-0.3, -0.25) is 14.4 Å². The summed E-state index contributed by atoms with van der Waals surface area (Å²) in [5.41, 5.74) is 0. The number of allylic oxidation sites excluding steroid dienone is 12. The average molecular weight is 936 g/mol. The molecule has 0 amide bonds. The van der Waals surface area contributed by atoms with E-state index < -0.39 is 6.10 Å². The highest BCUT2D eigenvalue weighted by atomic mass is 16.6. The van der Waals surface area contributed by atoms with E-state index in [-0.39, 0.29) is 37.5 Å². The topological polar surface area (TPSA) is 78.9 Å². The van der Waals surface area contributed by atoms with Gasteiger partial charge in [-0.1, -0.05) is 222 Å². The molecule has 0 N–H and O–H groups in total. The van der Waals surface area contributed by atoms with Gasteiger partial charge in [0.15, 0.2) is 6.10 Å². The summed E-state index contributed by atoms with van der Waals surface area (Å²) in [5, 5.41) is 0. The zero-order valence-electron chi connectivity index (χ0n) is 44.2. The Bertz CT molecular complexity index is 1260. The van der Waals surface area contributed by atoms with Crippen LogP contribution in [0.2, 0.25) is 0 Å². The first kappa shape index (κ1) is 63.8. The lowest BCUT2D eigenvalue weighted by atomic mass is 10.1. The molecule has 67 heavy (non-hydrogen) atoms. The van der Waals surface area contributed by atoms with Gasteiger partial charge in [-0.2, -0.15) is 0 Å². The van der Waals surface area contributed by atoms with E-state index in [4.69, 9.17) is 14.2 Å². The predicted octanol–water partition coefficient (Wildman–Crippen LogP) is 19.0. The highest BCUT2D eigenvalue weighted by Gasteiger charge is 2.19. The molecule has 0 spiro atoms. The second-order valence-electron chi connectivity index (χ2n) is 18.8. The predicted molar refractivity (Wildman–Crippen MR) is 288 cm³/mol. The number of esters is 3. The van der Waals surface area contributed by atoms with Gasteiger partial charge < -0.3 is 14.2 Å². The van der Waals surface area contributed by atoms with Crippen LogP contribution in [0.5, 0.6) is 0 Å². The van der Waals surface area contributed by atoms with E-state index >= 15 is 0 Å². The molecule has 0 aromatic heterocycles. The second kappa shape index (κ2) is 55.4. The maximum atomic E-state index is 12.8. The first-order valence-electron chi connectivity index (χ1n) is 28.4. The van der Waals surface area contributed by atoms with Crippen molar-refractivity contribution in [3.05, 3.63) is 72.9 Å². The Balaban J connectivity index is 4.43. The van der Waals surface area contributed by atoms with Crippen LogP contribution >= 0.6 is 0 Å². The molecule has 0 bridgehead atoms. The number of carbonyl (C=O) groups is 3. The molecule has 0 heterocycles. The molecule has 0 rings (SSSR count). The van der Waals surface area contributed by atoms with Gasteiger partial charge in [0.05, 0.1) is 0 Å². The molecule has 1 unspecified atom stereocenters. The van der Waals surface area contributed by atoms with Crippen molar-refractivity contribution in [2.45, 2.75) is 284 Å². The van der Waals surface area contributed by atoms with Crippen LogP contribution in [0.1, 0.15) is 278 Å². The lowest BCUT2D eigenvalue weighted by Gasteiger charge is -2.18. The van der Waals surface area contributed by atoms with E-state index in [1.807, 2.05) is 0 Å². The number of carbonyl (C=O) groups excluding carboxylic acids is 3. The van der Waals surface area contributed by atoms with Crippen molar-refractivity contribution < 1.29 is 28.6 Å². The van der Waals surface area contributed by atoms with E-state index in [9.17, 15) is 14.4 Å². The number of rotatable bonds is 51. The van der Waals surface area contributed by atoms with Gasteiger partial charge in [0.2, 0.25) is 0 Å². The van der Waals surface area contributed by atoms with Gasteiger partial charge in [0.25, 0.3) is 0 Å². The molecule has 6 nitrogen and oxygen atoms in total. The summed E-state index contributed by atoms with van der Waals surface area (Å²) in [6.07, 6.45) is 70.4. The van der Waals surface area contributed by atoms with Crippen molar-refractivity contribution in [1.29, 1.82) is 0 Å². The fourth-order valence-electron chi connectivity index (χ4n) is 7.89. The van der Waals surface area contributed by atoms with E-state index in [1.54, 1.807) is 0 Å². The van der Waals surface area contributed by atoms with Crippen LogP contribution in [0.25, 0.3) is 0 Å². The molecule has 1 atom stereocenters. The third-order valence-corrected chi connectivity index (χ3v) is 12.2. The average Bonchev–Trinajstić information content (AvgIpc) is 3.33. The lowest BCUT2D eigenvalue weighted by Crippen LogP contribution is -2.30. The standard InChI is InChI=1S/C61H106O6/c1-4-7-10-13-16-19-22-25-28-30-31-32-34-36-39-42-45-48-51-54-60(63)66-57-58(56-65-59(62)53-50-47-44-41-38-35-27-24-21-18-15-12-9-6-3)67-61(64)55-52-49-46-43-40-37-33-29-26-23-20-17-14-11-8-5-2/h8,11,17,20,26,29-31,35,37-38,40,58H,4-7,9-10,12-16,18-19,21-25,27-28,32-34,36,39,41-57H2,1-3H3/b11-8-,20-17-,29-26-,31-30-,38-35-,40-37-. The van der Waals surface area contributed by atoms with Crippen LogP contribution in [-0.4, -0.2) is 37.2 Å². The number of hydrogen-bond acceptors (Lipinski definition) is 6. The minimum Gasteiger partial charge on any atom is -0.462 e. The molecular formula is C61H106O6. The molecule has 0 radical (unpaired) electrons. The van der Waals surface area contributed by atoms with Gasteiger partial charge >= 0.3 is 17.9 Å². The highest BCUT2D eigenvalue weighted by molar-refractivity contribution is 5.71. The van der Waals surface area contributed by atoms with E-state index in [2.05, 4.69) is 93.7 Å². The fourth-order valence-corrected chi connectivity index (χ4v) is 7.89. The molecule has 0 saturated carbocycles. The zero-order valence-corrected chi connectivity index (χ0v) is 44.2. The first-order valence-corrected chi connectivity index (χ1v) is 28.4. The van der Waals surface area contributed by atoms with Crippen molar-refractivity contribution in [3.8, 4) is 0 Å². The van der Waals surface area contributed by atoms with Gasteiger partial charge in [-0.05, 0) is 109 Å². The van der Waals surface area contributed by atoms with E-state index in [1.165, 1.54) is 135 Å². The molecule has 0 aliphatic rings. The molecule has 0 aliphatic carbocycles. The minimum atomic E-state index is -0.800. The van der Waals surface area contributed by atoms with Crippen LogP contribution in [-0.2, 0) is 28.6 Å². The molecule has 0 fully saturated rings. The quantitative estimate of drug-likeness (QED) is 0.0262. The summed E-state index contributed by atoms with van der Waals surface area (Å²) in [6, 6.07) is 0. The Labute approximate surface area is 414 Å². The van der Waals surface area contributed by atoms with Gasteiger partial charge in [-0.15, -0.1) is 0 Å². The largest absolute Gasteiger partial charge is 0.462 e. The molecular weight excluding hydrogens is 829 g/mol. The normalized spacial score (nSPS) is 12.6. The van der Waals surface area contributed by atoms with Gasteiger partial charge in [-0.25, -0.2) is 0 Å². The SMILES string of the molecule is CC/C=C\C/C=C\C/C=C\C/C=C\CCCCCC(=O)OC(COC(=O)CCCCC/C=C\CCCCCCCCC)COC(=O)CCCCCCCCC/C=C\CCCCCCCCCC. The van der Waals surface area contributed by atoms with Gasteiger partial charge in [0, 0.05) is 19.3 Å². The maximum Gasteiger partial charge on any atom is 0.306 e. The Morgan fingerprint density at radius 2 is 0.582 bits per heavy atom. The van der Waals surface area contributed by atoms with Crippen LogP contribution in [0.3, 0.4) is 0 Å². The Kier molecular flexibility index (Phi) is 52.8. The maximum absolute atomic E-state index is 12.8. The van der Waals surface area contributed by atoms with Crippen LogP contribution in [0.4, 0.5) is 0 Å². The van der Waals surface area contributed by atoms with Crippen LogP contribution < -0.4 is 0 Å². The summed E-state index contributed by atoms with van der Waals surface area (Å²) in [7, 11) is 0. The number of ether oxygens (including phenoxy) is 3. The van der Waals surface area contributed by atoms with E-state index in [0.717, 1.165) is 103 Å². The molecule has 0 aliphatic heterocycles. The molecule has 0 aromatic rings. The van der Waals surface area contributed by atoms with Crippen LogP contribution in [0.15, 0.2) is 72.9 Å². The summed E-state index contributed by atoms with van der Waals surface area (Å²) in [4.78, 5) is 38.1.